The van der Waals surface area contributed by atoms with E-state index < -0.39 is 0 Å². The summed E-state index contributed by atoms with van der Waals surface area (Å²) >= 11 is 0. The van der Waals surface area contributed by atoms with Crippen LogP contribution in [0.25, 0.3) is 0 Å². The molecule has 0 aromatic carbocycles. The summed E-state index contributed by atoms with van der Waals surface area (Å²) < 4.78 is 0. The Hall–Kier alpha value is -1.75. The summed E-state index contributed by atoms with van der Waals surface area (Å²) in [5.74, 6) is 1.44. The smallest absolute Gasteiger partial charge is 0.131 e. The van der Waals surface area contributed by atoms with Gasteiger partial charge in [0.1, 0.15) is 11.7 Å². The zero-order valence-corrected chi connectivity index (χ0v) is 10.4. The van der Waals surface area contributed by atoms with E-state index >= 15 is 0 Å². The Morgan fingerprint density at radius 2 is 2.39 bits per heavy atom. The lowest BCUT2D eigenvalue weighted by atomic mass is 10.1. The molecule has 1 saturated carbocycles. The Balaban J connectivity index is 1.76. The molecular formula is C13H19N5. The maximum atomic E-state index is 8.37. The highest BCUT2D eigenvalue weighted by atomic mass is 15.3. The number of hydrogen-bond acceptors (Lipinski definition) is 3. The van der Waals surface area contributed by atoms with Crippen LogP contribution in [-0.4, -0.2) is 40.9 Å². The molecule has 96 valence electrons. The van der Waals surface area contributed by atoms with Gasteiger partial charge in [-0.15, -0.1) is 0 Å². The topological polar surface area (TPSA) is 66.9 Å². The van der Waals surface area contributed by atoms with Gasteiger partial charge >= 0.3 is 0 Å². The van der Waals surface area contributed by atoms with Crippen LogP contribution in [0.15, 0.2) is 25.0 Å². The molecule has 0 unspecified atom stereocenters. The van der Waals surface area contributed by atoms with Gasteiger partial charge in [-0.05, 0) is 25.1 Å². The molecule has 0 radical (unpaired) electrons. The van der Waals surface area contributed by atoms with E-state index in [-0.39, 0.29) is 0 Å². The Bertz CT molecular complexity index is 471. The molecular weight excluding hydrogens is 226 g/mol. The first-order chi connectivity index (χ1) is 8.74. The highest BCUT2D eigenvalue weighted by Gasteiger charge is 2.46. The second kappa shape index (κ2) is 4.17. The SMILES string of the molecule is C=CNc1[nH]ccc1C(=N)N1CCNC2(CC2)C1. The van der Waals surface area contributed by atoms with Gasteiger partial charge in [-0.3, -0.25) is 5.41 Å². The van der Waals surface area contributed by atoms with Crippen LogP contribution < -0.4 is 10.6 Å². The summed E-state index contributed by atoms with van der Waals surface area (Å²) in [6.07, 6.45) is 5.96. The summed E-state index contributed by atoms with van der Waals surface area (Å²) in [7, 11) is 0. The molecule has 1 spiro atoms. The fourth-order valence-electron chi connectivity index (χ4n) is 2.59. The van der Waals surface area contributed by atoms with Crippen molar-refractivity contribution in [2.45, 2.75) is 18.4 Å². The Labute approximate surface area is 107 Å². The first-order valence-electron chi connectivity index (χ1n) is 6.38. The number of H-pyrrole nitrogens is 1. The lowest BCUT2D eigenvalue weighted by Gasteiger charge is -2.35. The molecule has 5 nitrogen and oxygen atoms in total. The lowest BCUT2D eigenvalue weighted by molar-refractivity contribution is 0.277. The molecule has 5 heteroatoms. The first-order valence-corrected chi connectivity index (χ1v) is 6.38. The van der Waals surface area contributed by atoms with E-state index in [4.69, 9.17) is 5.41 Å². The first kappa shape index (κ1) is 11.3. The largest absolute Gasteiger partial charge is 0.353 e. The molecule has 2 heterocycles. The third-order valence-corrected chi connectivity index (χ3v) is 3.79. The van der Waals surface area contributed by atoms with Crippen molar-refractivity contribution in [2.24, 2.45) is 0 Å². The summed E-state index contributed by atoms with van der Waals surface area (Å²) in [4.78, 5) is 5.27. The van der Waals surface area contributed by atoms with Gasteiger partial charge < -0.3 is 20.5 Å². The molecule has 0 atom stereocenters. The van der Waals surface area contributed by atoms with Gasteiger partial charge in [-0.1, -0.05) is 6.58 Å². The van der Waals surface area contributed by atoms with E-state index in [0.29, 0.717) is 11.4 Å². The summed E-state index contributed by atoms with van der Waals surface area (Å²) in [5, 5.41) is 15.0. The van der Waals surface area contributed by atoms with Crippen molar-refractivity contribution in [1.29, 1.82) is 5.41 Å². The predicted octanol–water partition coefficient (Wildman–Crippen LogP) is 1.33. The normalized spacial score (nSPS) is 20.8. The third kappa shape index (κ3) is 1.90. The van der Waals surface area contributed by atoms with Crippen molar-refractivity contribution in [3.63, 3.8) is 0 Å². The highest BCUT2D eigenvalue weighted by molar-refractivity contribution is 6.01. The predicted molar refractivity (Wildman–Crippen MR) is 73.0 cm³/mol. The minimum atomic E-state index is 0.298. The number of hydrogen-bond donors (Lipinski definition) is 4. The van der Waals surface area contributed by atoms with Gasteiger partial charge in [0, 0.05) is 31.4 Å². The van der Waals surface area contributed by atoms with Crippen LogP contribution in [0.3, 0.4) is 0 Å². The van der Waals surface area contributed by atoms with Gasteiger partial charge in [0.15, 0.2) is 0 Å². The Morgan fingerprint density at radius 1 is 1.56 bits per heavy atom. The van der Waals surface area contributed by atoms with Crippen LogP contribution in [0.1, 0.15) is 18.4 Å². The van der Waals surface area contributed by atoms with Crippen LogP contribution in [0.2, 0.25) is 0 Å². The molecule has 1 saturated heterocycles. The van der Waals surface area contributed by atoms with Crippen molar-refractivity contribution < 1.29 is 0 Å². The monoisotopic (exact) mass is 245 g/mol. The van der Waals surface area contributed by atoms with Crippen molar-refractivity contribution in [1.82, 2.24) is 15.2 Å². The van der Waals surface area contributed by atoms with E-state index in [9.17, 15) is 0 Å². The van der Waals surface area contributed by atoms with E-state index in [1.807, 2.05) is 12.3 Å². The number of aromatic amines is 1. The minimum Gasteiger partial charge on any atom is -0.353 e. The summed E-state index contributed by atoms with van der Waals surface area (Å²) in [6.45, 7) is 6.48. The average Bonchev–Trinajstić information content (AvgIpc) is 2.95. The van der Waals surface area contributed by atoms with Crippen LogP contribution in [0.4, 0.5) is 5.82 Å². The van der Waals surface area contributed by atoms with Gasteiger partial charge in [0.05, 0.1) is 5.56 Å². The van der Waals surface area contributed by atoms with Crippen molar-refractivity contribution >= 4 is 11.7 Å². The Kier molecular flexibility index (Phi) is 2.63. The highest BCUT2D eigenvalue weighted by Crippen LogP contribution is 2.37. The molecule has 2 aliphatic rings. The van der Waals surface area contributed by atoms with E-state index in [1.165, 1.54) is 12.8 Å². The zero-order valence-electron chi connectivity index (χ0n) is 10.4. The average molecular weight is 245 g/mol. The number of nitrogens with zero attached hydrogens (tertiary/aromatic N) is 1. The standard InChI is InChI=1S/C13H19N5/c1-2-15-12-10(3-6-16-12)11(14)18-8-7-17-13(9-18)4-5-13/h2-3,6,14-17H,1,4-5,7-9H2. The molecule has 2 fully saturated rings. The molecule has 1 aliphatic carbocycles. The van der Waals surface area contributed by atoms with Gasteiger partial charge in [0.2, 0.25) is 0 Å². The molecule has 0 bridgehead atoms. The number of anilines is 1. The van der Waals surface area contributed by atoms with E-state index in [0.717, 1.165) is 31.0 Å². The molecule has 1 aromatic rings. The van der Waals surface area contributed by atoms with Gasteiger partial charge in [-0.25, -0.2) is 0 Å². The molecule has 0 amide bonds. The summed E-state index contributed by atoms with van der Waals surface area (Å²) in [6, 6.07) is 1.94. The molecule has 4 N–H and O–H groups in total. The zero-order chi connectivity index (χ0) is 12.6. The second-order valence-electron chi connectivity index (χ2n) is 5.09. The van der Waals surface area contributed by atoms with Crippen molar-refractivity contribution in [3.05, 3.63) is 30.6 Å². The quantitative estimate of drug-likeness (QED) is 0.480. The molecule has 1 aromatic heterocycles. The number of aromatic nitrogens is 1. The maximum absolute atomic E-state index is 8.37. The van der Waals surface area contributed by atoms with E-state index in [2.05, 4.69) is 27.1 Å². The van der Waals surface area contributed by atoms with Crippen molar-refractivity contribution in [3.8, 4) is 0 Å². The fraction of sp³-hybridized carbons (Fsp3) is 0.462. The summed E-state index contributed by atoms with van der Waals surface area (Å²) in [5.41, 5.74) is 1.21. The molecule has 3 rings (SSSR count). The van der Waals surface area contributed by atoms with Crippen LogP contribution in [0.5, 0.6) is 0 Å². The Morgan fingerprint density at radius 3 is 3.11 bits per heavy atom. The lowest BCUT2D eigenvalue weighted by Crippen LogP contribution is -2.54. The minimum absolute atomic E-state index is 0.298. The number of piperazine rings is 1. The fourth-order valence-corrected chi connectivity index (χ4v) is 2.59. The number of rotatable bonds is 3. The van der Waals surface area contributed by atoms with Crippen molar-refractivity contribution in [2.75, 3.05) is 25.0 Å². The van der Waals surface area contributed by atoms with Crippen LogP contribution in [0, 0.1) is 5.41 Å². The number of amidine groups is 1. The van der Waals surface area contributed by atoms with Gasteiger partial charge in [-0.2, -0.15) is 0 Å². The molecule has 1 aliphatic heterocycles. The third-order valence-electron chi connectivity index (χ3n) is 3.79. The molecule has 18 heavy (non-hydrogen) atoms. The van der Waals surface area contributed by atoms with Crippen LogP contribution >= 0.6 is 0 Å². The van der Waals surface area contributed by atoms with Gasteiger partial charge in [0.25, 0.3) is 0 Å². The second-order valence-corrected chi connectivity index (χ2v) is 5.09. The maximum Gasteiger partial charge on any atom is 0.131 e. The van der Waals surface area contributed by atoms with E-state index in [1.54, 1.807) is 6.20 Å². The number of nitrogens with one attached hydrogen (secondary N) is 4. The van der Waals surface area contributed by atoms with Crippen LogP contribution in [-0.2, 0) is 0 Å².